The van der Waals surface area contributed by atoms with Crippen LogP contribution >= 0.6 is 34.5 Å². The number of carbonyl (C=O) groups is 1. The van der Waals surface area contributed by atoms with E-state index in [1.807, 2.05) is 25.1 Å². The van der Waals surface area contributed by atoms with Crippen LogP contribution in [0.3, 0.4) is 0 Å². The summed E-state index contributed by atoms with van der Waals surface area (Å²) in [6.07, 6.45) is 1.66. The number of aromatic nitrogens is 1. The van der Waals surface area contributed by atoms with Gasteiger partial charge < -0.3 is 10.5 Å². The lowest BCUT2D eigenvalue weighted by molar-refractivity contribution is -0.120. The van der Waals surface area contributed by atoms with Gasteiger partial charge in [0.1, 0.15) is 0 Å². The van der Waals surface area contributed by atoms with Gasteiger partial charge in [-0.1, -0.05) is 40.6 Å². The first-order valence-corrected chi connectivity index (χ1v) is 9.62. The molecule has 1 heterocycles. The van der Waals surface area contributed by atoms with Gasteiger partial charge in [0.25, 0.3) is 0 Å². The van der Waals surface area contributed by atoms with Crippen LogP contribution in [0.4, 0.5) is 5.13 Å². The molecule has 0 fully saturated rings. The third-order valence-corrected chi connectivity index (χ3v) is 4.96. The first-order valence-electron chi connectivity index (χ1n) is 8.05. The average Bonchev–Trinajstić information content (AvgIpc) is 2.97. The number of anilines is 1. The molecular weight excluding hydrogens is 407 g/mol. The molecular formula is C18H16Cl2N4O2S. The van der Waals surface area contributed by atoms with Gasteiger partial charge in [-0.3, -0.25) is 4.79 Å². The molecule has 27 heavy (non-hydrogen) atoms. The lowest BCUT2D eigenvalue weighted by Crippen LogP contribution is -2.19. The van der Waals surface area contributed by atoms with Crippen molar-refractivity contribution >= 4 is 62.0 Å². The third-order valence-electron chi connectivity index (χ3n) is 3.55. The number of nitrogens with zero attached hydrogens (tertiary/aromatic N) is 2. The normalized spacial score (nSPS) is 11.2. The Morgan fingerprint density at radius 1 is 1.33 bits per heavy atom. The second-order valence-corrected chi connectivity index (χ2v) is 7.45. The molecule has 1 amide bonds. The maximum Gasteiger partial charge on any atom is 0.244 e. The number of nitrogens with one attached hydrogen (secondary N) is 1. The summed E-state index contributed by atoms with van der Waals surface area (Å²) in [7, 11) is 0. The number of halogens is 2. The molecule has 2 aromatic carbocycles. The van der Waals surface area contributed by atoms with Crippen molar-refractivity contribution in [3.63, 3.8) is 0 Å². The minimum Gasteiger partial charge on any atom is -0.491 e. The van der Waals surface area contributed by atoms with Crippen molar-refractivity contribution in [3.05, 3.63) is 51.5 Å². The molecule has 0 saturated heterocycles. The van der Waals surface area contributed by atoms with E-state index >= 15 is 0 Å². The molecule has 0 aliphatic carbocycles. The minimum absolute atomic E-state index is 0.190. The molecule has 9 heteroatoms. The molecule has 3 aromatic rings. The van der Waals surface area contributed by atoms with Crippen molar-refractivity contribution in [2.24, 2.45) is 5.10 Å². The van der Waals surface area contributed by atoms with Crippen molar-refractivity contribution in [1.82, 2.24) is 10.4 Å². The second kappa shape index (κ2) is 8.56. The van der Waals surface area contributed by atoms with Crippen LogP contribution in [0.1, 0.15) is 18.1 Å². The van der Waals surface area contributed by atoms with E-state index in [2.05, 4.69) is 15.5 Å². The summed E-state index contributed by atoms with van der Waals surface area (Å²) >= 11 is 13.7. The maximum atomic E-state index is 12.1. The summed E-state index contributed by atoms with van der Waals surface area (Å²) in [6.45, 7) is 2.31. The fourth-order valence-corrected chi connectivity index (χ4v) is 3.85. The highest BCUT2D eigenvalue weighted by Gasteiger charge is 2.09. The summed E-state index contributed by atoms with van der Waals surface area (Å²) in [5.41, 5.74) is 10.5. The molecule has 0 unspecified atom stereocenters. The number of ether oxygens (including phenoxy) is 1. The molecule has 3 N–H and O–H groups in total. The van der Waals surface area contributed by atoms with Gasteiger partial charge in [-0.2, -0.15) is 5.10 Å². The van der Waals surface area contributed by atoms with Crippen molar-refractivity contribution in [2.75, 3.05) is 12.3 Å². The van der Waals surface area contributed by atoms with Gasteiger partial charge in [-0.05, 0) is 42.3 Å². The number of hydrazone groups is 1. The highest BCUT2D eigenvalue weighted by atomic mass is 35.5. The second-order valence-electron chi connectivity index (χ2n) is 5.57. The van der Waals surface area contributed by atoms with Crippen LogP contribution in [0.25, 0.3) is 10.2 Å². The molecule has 1 aromatic heterocycles. The van der Waals surface area contributed by atoms with Gasteiger partial charge in [0.05, 0.1) is 39.5 Å². The van der Waals surface area contributed by atoms with E-state index in [4.69, 9.17) is 33.7 Å². The Labute approximate surface area is 169 Å². The number of nitrogens with two attached hydrogens (primary N) is 1. The Morgan fingerprint density at radius 2 is 2.07 bits per heavy atom. The van der Waals surface area contributed by atoms with Crippen molar-refractivity contribution in [3.8, 4) is 5.75 Å². The van der Waals surface area contributed by atoms with E-state index < -0.39 is 0 Å². The summed E-state index contributed by atoms with van der Waals surface area (Å²) in [4.78, 5) is 16.3. The standard InChI is InChI=1S/C18H16Cl2N4O2S/c1-2-26-17-12(19)5-11(6-13(17)20)9-22-24-16(25)8-10-3-4-14-15(7-10)27-18(21)23-14/h3-7,9H,2,8H2,1H3,(H2,21,23)(H,24,25)/b22-9-. The molecule has 6 nitrogen and oxygen atoms in total. The molecule has 0 atom stereocenters. The fourth-order valence-electron chi connectivity index (χ4n) is 2.44. The van der Waals surface area contributed by atoms with Gasteiger partial charge in [0.2, 0.25) is 5.91 Å². The molecule has 0 bridgehead atoms. The summed E-state index contributed by atoms with van der Waals surface area (Å²) in [6, 6.07) is 8.92. The zero-order chi connectivity index (χ0) is 19.4. The molecule has 0 saturated carbocycles. The van der Waals surface area contributed by atoms with E-state index in [0.717, 1.165) is 15.8 Å². The van der Waals surface area contributed by atoms with Crippen LogP contribution < -0.4 is 15.9 Å². The van der Waals surface area contributed by atoms with E-state index in [9.17, 15) is 4.79 Å². The van der Waals surface area contributed by atoms with Gasteiger partial charge in [-0.15, -0.1) is 0 Å². The van der Waals surface area contributed by atoms with Crippen LogP contribution in [-0.4, -0.2) is 23.7 Å². The Morgan fingerprint density at radius 3 is 2.78 bits per heavy atom. The minimum atomic E-state index is -0.244. The molecule has 0 aliphatic rings. The number of thiazole rings is 1. The van der Waals surface area contributed by atoms with Crippen LogP contribution in [0, 0.1) is 0 Å². The van der Waals surface area contributed by atoms with Crippen molar-refractivity contribution in [1.29, 1.82) is 0 Å². The third kappa shape index (κ3) is 4.88. The number of fused-ring (bicyclic) bond motifs is 1. The van der Waals surface area contributed by atoms with Crippen LogP contribution in [0.5, 0.6) is 5.75 Å². The van der Waals surface area contributed by atoms with E-state index in [-0.39, 0.29) is 12.3 Å². The highest BCUT2D eigenvalue weighted by Crippen LogP contribution is 2.33. The van der Waals surface area contributed by atoms with E-state index in [0.29, 0.717) is 33.1 Å². The van der Waals surface area contributed by atoms with Crippen LogP contribution in [-0.2, 0) is 11.2 Å². The van der Waals surface area contributed by atoms with Gasteiger partial charge in [0.15, 0.2) is 10.9 Å². The van der Waals surface area contributed by atoms with Gasteiger partial charge in [0, 0.05) is 0 Å². The Balaban J connectivity index is 1.62. The predicted octanol–water partition coefficient (Wildman–Crippen LogP) is 4.28. The lowest BCUT2D eigenvalue weighted by atomic mass is 10.1. The topological polar surface area (TPSA) is 89.6 Å². The Kier molecular flexibility index (Phi) is 6.15. The first-order chi connectivity index (χ1) is 13.0. The smallest absolute Gasteiger partial charge is 0.244 e. The van der Waals surface area contributed by atoms with E-state index in [1.54, 1.807) is 12.1 Å². The zero-order valence-electron chi connectivity index (χ0n) is 14.3. The summed E-state index contributed by atoms with van der Waals surface area (Å²) < 4.78 is 6.32. The maximum absolute atomic E-state index is 12.1. The molecule has 140 valence electrons. The molecule has 0 spiro atoms. The van der Waals surface area contributed by atoms with Crippen molar-refractivity contribution in [2.45, 2.75) is 13.3 Å². The lowest BCUT2D eigenvalue weighted by Gasteiger charge is -2.08. The number of benzene rings is 2. The number of rotatable bonds is 6. The first kappa shape index (κ1) is 19.4. The number of nitrogen functional groups attached to an aromatic ring is 1. The zero-order valence-corrected chi connectivity index (χ0v) is 16.7. The van der Waals surface area contributed by atoms with Crippen LogP contribution in [0.2, 0.25) is 10.0 Å². The summed E-state index contributed by atoms with van der Waals surface area (Å²) in [5, 5.41) is 5.22. The Hall–Kier alpha value is -2.35. The van der Waals surface area contributed by atoms with Crippen molar-refractivity contribution < 1.29 is 9.53 Å². The molecule has 3 rings (SSSR count). The largest absolute Gasteiger partial charge is 0.491 e. The SMILES string of the molecule is CCOc1c(Cl)cc(/C=N\NC(=O)Cc2ccc3nc(N)sc3c2)cc1Cl. The molecule has 0 aliphatic heterocycles. The predicted molar refractivity (Wildman–Crippen MR) is 111 cm³/mol. The number of carbonyl (C=O) groups excluding carboxylic acids is 1. The number of hydrogen-bond acceptors (Lipinski definition) is 6. The highest BCUT2D eigenvalue weighted by molar-refractivity contribution is 7.22. The fraction of sp³-hybridized carbons (Fsp3) is 0.167. The molecule has 0 radical (unpaired) electrons. The Bertz CT molecular complexity index is 997. The number of amides is 1. The summed E-state index contributed by atoms with van der Waals surface area (Å²) in [5.74, 6) is 0.187. The van der Waals surface area contributed by atoms with Gasteiger partial charge >= 0.3 is 0 Å². The quantitative estimate of drug-likeness (QED) is 0.458. The van der Waals surface area contributed by atoms with Gasteiger partial charge in [-0.25, -0.2) is 10.4 Å². The average molecular weight is 423 g/mol. The van der Waals surface area contributed by atoms with E-state index in [1.165, 1.54) is 17.6 Å². The monoisotopic (exact) mass is 422 g/mol. The van der Waals surface area contributed by atoms with Crippen LogP contribution in [0.15, 0.2) is 35.4 Å². The number of hydrogen-bond donors (Lipinski definition) is 2.